The van der Waals surface area contributed by atoms with Gasteiger partial charge in [0.15, 0.2) is 0 Å². The molecule has 1 heterocycles. The van der Waals surface area contributed by atoms with Crippen molar-refractivity contribution in [1.82, 2.24) is 0 Å². The molecule has 1 unspecified atom stereocenters. The summed E-state index contributed by atoms with van der Waals surface area (Å²) < 4.78 is 0. The van der Waals surface area contributed by atoms with Crippen molar-refractivity contribution in [3.8, 4) is 6.07 Å². The molecule has 1 aromatic rings. The van der Waals surface area contributed by atoms with Crippen molar-refractivity contribution in [2.75, 3.05) is 18.0 Å². The zero-order valence-electron chi connectivity index (χ0n) is 12.4. The molecule has 1 atom stereocenters. The van der Waals surface area contributed by atoms with E-state index in [2.05, 4.69) is 12.6 Å². The number of aryl methyl sites for hydroxylation is 1. The second-order valence-corrected chi connectivity index (χ2v) is 6.36. The van der Waals surface area contributed by atoms with E-state index in [4.69, 9.17) is 5.11 Å². The van der Waals surface area contributed by atoms with Crippen LogP contribution in [0.25, 0.3) is 0 Å². The Balaban J connectivity index is 3.17. The third-order valence-electron chi connectivity index (χ3n) is 3.14. The van der Waals surface area contributed by atoms with E-state index < -0.39 is 11.9 Å². The molecule has 0 saturated heterocycles. The van der Waals surface area contributed by atoms with Crippen LogP contribution < -0.4 is 4.90 Å². The quantitative estimate of drug-likeness (QED) is 0.817. The van der Waals surface area contributed by atoms with Crippen LogP contribution in [0.4, 0.5) is 5.00 Å². The standard InChI is InChI=1S/C15H20N2O2S/c1-9(2)7-17(8-10(3)15(18)19)14-13(6-16)11(4)12(5)20-14/h10H,1,7-8H2,2-5H3,(H,18,19). The van der Waals surface area contributed by atoms with E-state index in [1.165, 1.54) is 11.3 Å². The molecule has 0 fully saturated rings. The van der Waals surface area contributed by atoms with Crippen LogP contribution in [0.1, 0.15) is 29.9 Å². The molecule has 0 aliphatic rings. The van der Waals surface area contributed by atoms with E-state index >= 15 is 0 Å². The minimum absolute atomic E-state index is 0.371. The number of nitriles is 1. The Morgan fingerprint density at radius 1 is 1.55 bits per heavy atom. The van der Waals surface area contributed by atoms with E-state index in [9.17, 15) is 10.1 Å². The van der Waals surface area contributed by atoms with Gasteiger partial charge in [0.05, 0.1) is 11.5 Å². The molecule has 5 heteroatoms. The summed E-state index contributed by atoms with van der Waals surface area (Å²) in [5, 5.41) is 19.3. The first-order valence-corrected chi connectivity index (χ1v) is 7.21. The molecule has 108 valence electrons. The molecule has 1 N–H and O–H groups in total. The average molecular weight is 292 g/mol. The summed E-state index contributed by atoms with van der Waals surface area (Å²) in [6, 6.07) is 2.23. The normalized spacial score (nSPS) is 11.8. The van der Waals surface area contributed by atoms with Crippen molar-refractivity contribution in [2.24, 2.45) is 5.92 Å². The maximum Gasteiger partial charge on any atom is 0.308 e. The molecule has 1 rings (SSSR count). The zero-order chi connectivity index (χ0) is 15.4. The van der Waals surface area contributed by atoms with Crippen molar-refractivity contribution in [3.63, 3.8) is 0 Å². The molecule has 0 bridgehead atoms. The molecule has 20 heavy (non-hydrogen) atoms. The van der Waals surface area contributed by atoms with Gasteiger partial charge in [-0.3, -0.25) is 4.79 Å². The lowest BCUT2D eigenvalue weighted by Crippen LogP contribution is -2.33. The third kappa shape index (κ3) is 3.61. The third-order valence-corrected chi connectivity index (χ3v) is 4.41. The molecular weight excluding hydrogens is 272 g/mol. The zero-order valence-corrected chi connectivity index (χ0v) is 13.2. The Morgan fingerprint density at radius 3 is 2.60 bits per heavy atom. The summed E-state index contributed by atoms with van der Waals surface area (Å²) in [6.45, 7) is 12.3. The second-order valence-electron chi connectivity index (χ2n) is 5.15. The van der Waals surface area contributed by atoms with Gasteiger partial charge in [0, 0.05) is 18.0 Å². The van der Waals surface area contributed by atoms with Gasteiger partial charge >= 0.3 is 5.97 Å². The molecule has 0 aromatic carbocycles. The molecule has 0 radical (unpaired) electrons. The number of carboxylic acid groups (broad SMARTS) is 1. The maximum atomic E-state index is 11.1. The number of hydrogen-bond donors (Lipinski definition) is 1. The van der Waals surface area contributed by atoms with E-state index in [1.54, 1.807) is 6.92 Å². The van der Waals surface area contributed by atoms with Crippen molar-refractivity contribution in [2.45, 2.75) is 27.7 Å². The largest absolute Gasteiger partial charge is 0.481 e. The molecule has 0 saturated carbocycles. The molecule has 0 amide bonds. The van der Waals surface area contributed by atoms with Gasteiger partial charge < -0.3 is 10.0 Å². The number of nitrogens with zero attached hydrogens (tertiary/aromatic N) is 2. The molecule has 0 aliphatic carbocycles. The van der Waals surface area contributed by atoms with Gasteiger partial charge in [-0.25, -0.2) is 0 Å². The number of aliphatic carboxylic acids is 1. The lowest BCUT2D eigenvalue weighted by atomic mass is 10.1. The molecular formula is C15H20N2O2S. The first-order chi connectivity index (χ1) is 9.27. The van der Waals surface area contributed by atoms with E-state index in [0.717, 1.165) is 21.0 Å². The average Bonchev–Trinajstić information content (AvgIpc) is 2.63. The Hall–Kier alpha value is -1.80. The number of rotatable bonds is 6. The number of carboxylic acids is 1. The number of thiophene rings is 1. The van der Waals surface area contributed by atoms with Crippen molar-refractivity contribution in [3.05, 3.63) is 28.2 Å². The first kappa shape index (κ1) is 16.3. The predicted molar refractivity (Wildman–Crippen MR) is 82.3 cm³/mol. The fraction of sp³-hybridized carbons (Fsp3) is 0.467. The van der Waals surface area contributed by atoms with Gasteiger partial charge in [-0.1, -0.05) is 19.1 Å². The van der Waals surface area contributed by atoms with Crippen LogP contribution in [0.2, 0.25) is 0 Å². The lowest BCUT2D eigenvalue weighted by Gasteiger charge is -2.25. The highest BCUT2D eigenvalue weighted by Crippen LogP contribution is 2.35. The minimum Gasteiger partial charge on any atom is -0.481 e. The summed E-state index contributed by atoms with van der Waals surface area (Å²) in [4.78, 5) is 14.1. The highest BCUT2D eigenvalue weighted by Gasteiger charge is 2.22. The second kappa shape index (κ2) is 6.58. The van der Waals surface area contributed by atoms with Gasteiger partial charge in [-0.2, -0.15) is 5.26 Å². The summed E-state index contributed by atoms with van der Waals surface area (Å²) in [7, 11) is 0. The first-order valence-electron chi connectivity index (χ1n) is 6.40. The van der Waals surface area contributed by atoms with E-state index in [-0.39, 0.29) is 0 Å². The van der Waals surface area contributed by atoms with Crippen molar-refractivity contribution >= 4 is 22.3 Å². The van der Waals surface area contributed by atoms with Crippen molar-refractivity contribution < 1.29 is 9.90 Å². The summed E-state index contributed by atoms with van der Waals surface area (Å²) in [6.07, 6.45) is 0. The SMILES string of the molecule is C=C(C)CN(CC(C)C(=O)O)c1sc(C)c(C)c1C#N. The highest BCUT2D eigenvalue weighted by atomic mass is 32.1. The van der Waals surface area contributed by atoms with Crippen LogP contribution >= 0.6 is 11.3 Å². The maximum absolute atomic E-state index is 11.1. The van der Waals surface area contributed by atoms with Crippen LogP contribution in [-0.2, 0) is 4.79 Å². The Labute approximate surface area is 124 Å². The van der Waals surface area contributed by atoms with Crippen LogP contribution in [0.15, 0.2) is 12.2 Å². The van der Waals surface area contributed by atoms with Gasteiger partial charge in [0.2, 0.25) is 0 Å². The molecule has 1 aromatic heterocycles. The van der Waals surface area contributed by atoms with Crippen molar-refractivity contribution in [1.29, 1.82) is 5.26 Å². The van der Waals surface area contributed by atoms with Crippen LogP contribution in [-0.4, -0.2) is 24.2 Å². The van der Waals surface area contributed by atoms with E-state index in [0.29, 0.717) is 18.7 Å². The monoisotopic (exact) mass is 292 g/mol. The summed E-state index contributed by atoms with van der Waals surface area (Å²) in [5.41, 5.74) is 2.56. The Bertz CT molecular complexity index is 569. The fourth-order valence-electron chi connectivity index (χ4n) is 1.92. The van der Waals surface area contributed by atoms with Gasteiger partial charge in [-0.05, 0) is 26.3 Å². The van der Waals surface area contributed by atoms with E-state index in [1.807, 2.05) is 25.7 Å². The fourth-order valence-corrected chi connectivity index (χ4v) is 3.03. The molecule has 0 aliphatic heterocycles. The van der Waals surface area contributed by atoms with Crippen LogP contribution in [0.3, 0.4) is 0 Å². The predicted octanol–water partition coefficient (Wildman–Crippen LogP) is 3.34. The van der Waals surface area contributed by atoms with Gasteiger partial charge in [0.1, 0.15) is 11.1 Å². The summed E-state index contributed by atoms with van der Waals surface area (Å²) in [5.74, 6) is -1.33. The van der Waals surface area contributed by atoms with Crippen LogP contribution in [0.5, 0.6) is 0 Å². The summed E-state index contributed by atoms with van der Waals surface area (Å²) >= 11 is 1.54. The van der Waals surface area contributed by atoms with Gasteiger partial charge in [0.25, 0.3) is 0 Å². The van der Waals surface area contributed by atoms with Crippen LogP contribution in [0, 0.1) is 31.1 Å². The smallest absolute Gasteiger partial charge is 0.308 e. The number of anilines is 1. The van der Waals surface area contributed by atoms with Gasteiger partial charge in [-0.15, -0.1) is 11.3 Å². The highest BCUT2D eigenvalue weighted by molar-refractivity contribution is 7.16. The molecule has 4 nitrogen and oxygen atoms in total. The Morgan fingerprint density at radius 2 is 2.15 bits per heavy atom. The Kier molecular flexibility index (Phi) is 5.34. The lowest BCUT2D eigenvalue weighted by molar-refractivity contribution is -0.140. The minimum atomic E-state index is -0.833. The topological polar surface area (TPSA) is 64.3 Å². The molecule has 0 spiro atoms. The number of carbonyl (C=O) groups is 1. The number of hydrogen-bond acceptors (Lipinski definition) is 4.